The van der Waals surface area contributed by atoms with Crippen LogP contribution in [0.3, 0.4) is 0 Å². The lowest BCUT2D eigenvalue weighted by Crippen LogP contribution is -2.05. The summed E-state index contributed by atoms with van der Waals surface area (Å²) in [4.78, 5) is 12.1. The lowest BCUT2D eigenvalue weighted by Gasteiger charge is -2.03. The van der Waals surface area contributed by atoms with Gasteiger partial charge >= 0.3 is 5.97 Å². The number of aromatic nitrogens is 1. The molecule has 1 aliphatic rings. The predicted octanol–water partition coefficient (Wildman–Crippen LogP) is 4.33. The van der Waals surface area contributed by atoms with Gasteiger partial charge in [-0.2, -0.15) is 0 Å². The maximum Gasteiger partial charge on any atom is 0.338 e. The molecule has 1 aliphatic heterocycles. The highest BCUT2D eigenvalue weighted by Crippen LogP contribution is 2.33. The van der Waals surface area contributed by atoms with Crippen LogP contribution in [0.2, 0.25) is 0 Å². The number of aryl methyl sites for hydroxylation is 1. The van der Waals surface area contributed by atoms with Crippen LogP contribution in [0.5, 0.6) is 5.75 Å². The van der Waals surface area contributed by atoms with Crippen molar-refractivity contribution in [1.82, 2.24) is 5.16 Å². The van der Waals surface area contributed by atoms with Crippen molar-refractivity contribution >= 4 is 5.97 Å². The molecule has 5 nitrogen and oxygen atoms in total. The van der Waals surface area contributed by atoms with Crippen molar-refractivity contribution in [2.45, 2.75) is 33.0 Å². The van der Waals surface area contributed by atoms with Gasteiger partial charge in [-0.1, -0.05) is 22.9 Å². The second-order valence-corrected chi connectivity index (χ2v) is 6.58. The summed E-state index contributed by atoms with van der Waals surface area (Å²) in [6.07, 6.45) is 1.09. The van der Waals surface area contributed by atoms with E-state index in [4.69, 9.17) is 14.0 Å². The van der Waals surface area contributed by atoms with Gasteiger partial charge in [-0.3, -0.25) is 0 Å². The minimum Gasteiger partial charge on any atom is -0.490 e. The molecule has 2 heterocycles. The van der Waals surface area contributed by atoms with Crippen LogP contribution in [0.4, 0.5) is 0 Å². The van der Waals surface area contributed by atoms with E-state index in [1.165, 1.54) is 5.56 Å². The summed E-state index contributed by atoms with van der Waals surface area (Å²) < 4.78 is 16.5. The smallest absolute Gasteiger partial charge is 0.338 e. The molecule has 0 spiro atoms. The summed E-state index contributed by atoms with van der Waals surface area (Å²) in [5, 5.41) is 4.00. The zero-order chi connectivity index (χ0) is 18.1. The first kappa shape index (κ1) is 16.4. The van der Waals surface area contributed by atoms with Crippen molar-refractivity contribution in [1.29, 1.82) is 0 Å². The number of hydrogen-bond acceptors (Lipinski definition) is 5. The number of nitrogens with zero attached hydrogens (tertiary/aromatic N) is 1. The molecule has 1 aromatic heterocycles. The van der Waals surface area contributed by atoms with E-state index < -0.39 is 0 Å². The summed E-state index contributed by atoms with van der Waals surface area (Å²) in [7, 11) is 0. The third-order valence-corrected chi connectivity index (χ3v) is 4.34. The number of ether oxygens (including phenoxy) is 2. The minimum absolute atomic E-state index is 0.0708. The molecule has 0 aliphatic carbocycles. The Morgan fingerprint density at radius 2 is 2.12 bits per heavy atom. The Hall–Kier alpha value is -3.08. The summed E-state index contributed by atoms with van der Waals surface area (Å²) in [5.74, 6) is 1.20. The third-order valence-electron chi connectivity index (χ3n) is 4.34. The Balaban J connectivity index is 1.44. The first-order chi connectivity index (χ1) is 12.6. The summed E-state index contributed by atoms with van der Waals surface area (Å²) in [6.45, 7) is 4.05. The monoisotopic (exact) mass is 349 g/mol. The number of esters is 1. The molecule has 5 heteroatoms. The lowest BCUT2D eigenvalue weighted by molar-refractivity contribution is 0.0464. The fourth-order valence-electron chi connectivity index (χ4n) is 3.09. The average Bonchev–Trinajstić information content (AvgIpc) is 3.24. The van der Waals surface area contributed by atoms with Crippen molar-refractivity contribution in [2.24, 2.45) is 0 Å². The van der Waals surface area contributed by atoms with Crippen molar-refractivity contribution in [2.75, 3.05) is 0 Å². The highest BCUT2D eigenvalue weighted by molar-refractivity contribution is 5.89. The second-order valence-electron chi connectivity index (χ2n) is 6.58. The van der Waals surface area contributed by atoms with E-state index in [2.05, 4.69) is 18.1 Å². The lowest BCUT2D eigenvalue weighted by atomic mass is 10.1. The second kappa shape index (κ2) is 6.67. The molecule has 0 saturated carbocycles. The molecule has 0 fully saturated rings. The zero-order valence-corrected chi connectivity index (χ0v) is 14.7. The molecule has 0 radical (unpaired) electrons. The maximum absolute atomic E-state index is 12.1. The van der Waals surface area contributed by atoms with E-state index in [0.717, 1.165) is 23.3 Å². The van der Waals surface area contributed by atoms with Crippen LogP contribution in [0, 0.1) is 6.92 Å². The van der Waals surface area contributed by atoms with E-state index in [0.29, 0.717) is 17.0 Å². The van der Waals surface area contributed by atoms with E-state index >= 15 is 0 Å². The van der Waals surface area contributed by atoms with Crippen molar-refractivity contribution in [3.05, 3.63) is 70.9 Å². The highest BCUT2D eigenvalue weighted by atomic mass is 16.5. The van der Waals surface area contributed by atoms with Gasteiger partial charge in [0.1, 0.15) is 24.2 Å². The minimum atomic E-state index is -0.373. The number of rotatable bonds is 4. The van der Waals surface area contributed by atoms with Gasteiger partial charge in [-0.15, -0.1) is 0 Å². The fourth-order valence-corrected chi connectivity index (χ4v) is 3.09. The Morgan fingerprint density at radius 1 is 1.23 bits per heavy atom. The molecule has 0 amide bonds. The Labute approximate surface area is 151 Å². The van der Waals surface area contributed by atoms with Crippen molar-refractivity contribution < 1.29 is 18.8 Å². The molecule has 26 heavy (non-hydrogen) atoms. The molecule has 0 saturated heterocycles. The van der Waals surface area contributed by atoms with Crippen molar-refractivity contribution in [3.8, 4) is 17.1 Å². The largest absolute Gasteiger partial charge is 0.490 e. The van der Waals surface area contributed by atoms with Gasteiger partial charge in [0, 0.05) is 18.1 Å². The molecule has 0 bridgehead atoms. The SMILES string of the molecule is Cc1cccc(C(=O)OCc2cc(-c3ccc4c(c3)CC(C)O4)on2)c1. The van der Waals surface area contributed by atoms with Gasteiger partial charge in [0.2, 0.25) is 0 Å². The fraction of sp³-hybridized carbons (Fsp3) is 0.238. The van der Waals surface area contributed by atoms with E-state index in [1.807, 2.05) is 31.2 Å². The number of carbonyl (C=O) groups is 1. The van der Waals surface area contributed by atoms with Gasteiger partial charge in [0.15, 0.2) is 5.76 Å². The number of benzene rings is 2. The van der Waals surface area contributed by atoms with E-state index in [9.17, 15) is 4.79 Å². The molecule has 3 aromatic rings. The summed E-state index contributed by atoms with van der Waals surface area (Å²) >= 11 is 0. The average molecular weight is 349 g/mol. The normalized spacial score (nSPS) is 15.4. The third kappa shape index (κ3) is 3.33. The Morgan fingerprint density at radius 3 is 2.96 bits per heavy atom. The predicted molar refractivity (Wildman–Crippen MR) is 96.0 cm³/mol. The number of fused-ring (bicyclic) bond motifs is 1. The molecular formula is C21H19NO4. The standard InChI is InChI=1S/C21H19NO4/c1-13-4-3-5-16(8-13)21(23)24-12-18-11-20(26-22-18)15-6-7-19-17(10-15)9-14(2)25-19/h3-8,10-11,14H,9,12H2,1-2H3. The number of hydrogen-bond donors (Lipinski definition) is 0. The highest BCUT2D eigenvalue weighted by Gasteiger charge is 2.20. The van der Waals surface area contributed by atoms with Gasteiger partial charge in [-0.25, -0.2) is 4.79 Å². The topological polar surface area (TPSA) is 61.6 Å². The van der Waals surface area contributed by atoms with Gasteiger partial charge in [-0.05, 0) is 49.7 Å². The molecule has 1 unspecified atom stereocenters. The van der Waals surface area contributed by atoms with Crippen LogP contribution in [-0.2, 0) is 17.8 Å². The molecule has 2 aromatic carbocycles. The van der Waals surface area contributed by atoms with E-state index in [1.54, 1.807) is 18.2 Å². The van der Waals surface area contributed by atoms with Gasteiger partial charge in [0.05, 0.1) is 5.56 Å². The van der Waals surface area contributed by atoms with Crippen molar-refractivity contribution in [3.63, 3.8) is 0 Å². The van der Waals surface area contributed by atoms with Crippen LogP contribution in [0.1, 0.15) is 34.1 Å². The quantitative estimate of drug-likeness (QED) is 0.656. The molecule has 4 rings (SSSR count). The van der Waals surface area contributed by atoms with Crippen LogP contribution in [-0.4, -0.2) is 17.2 Å². The Bertz CT molecular complexity index is 960. The molecule has 1 atom stereocenters. The van der Waals surface area contributed by atoms with E-state index in [-0.39, 0.29) is 18.7 Å². The maximum atomic E-state index is 12.1. The zero-order valence-electron chi connectivity index (χ0n) is 14.7. The Kier molecular flexibility index (Phi) is 4.21. The first-order valence-electron chi connectivity index (χ1n) is 8.58. The van der Waals surface area contributed by atoms with Crippen LogP contribution in [0.15, 0.2) is 53.1 Å². The van der Waals surface area contributed by atoms with Crippen LogP contribution in [0.25, 0.3) is 11.3 Å². The van der Waals surface area contributed by atoms with Gasteiger partial charge < -0.3 is 14.0 Å². The number of carbonyl (C=O) groups excluding carboxylic acids is 1. The first-order valence-corrected chi connectivity index (χ1v) is 8.58. The van der Waals surface area contributed by atoms with Crippen LogP contribution < -0.4 is 4.74 Å². The summed E-state index contributed by atoms with van der Waals surface area (Å²) in [5.41, 5.74) is 4.22. The molecular weight excluding hydrogens is 330 g/mol. The molecule has 132 valence electrons. The van der Waals surface area contributed by atoms with Gasteiger partial charge in [0.25, 0.3) is 0 Å². The van der Waals surface area contributed by atoms with Crippen LogP contribution >= 0.6 is 0 Å². The summed E-state index contributed by atoms with van der Waals surface area (Å²) in [6, 6.07) is 15.0. The molecule has 0 N–H and O–H groups in total.